The van der Waals surface area contributed by atoms with Crippen molar-refractivity contribution in [1.29, 1.82) is 0 Å². The fourth-order valence-electron chi connectivity index (χ4n) is 2.54. The summed E-state index contributed by atoms with van der Waals surface area (Å²) in [6.45, 7) is 2.38. The van der Waals surface area contributed by atoms with Gasteiger partial charge in [0.1, 0.15) is 0 Å². The molecule has 0 aromatic heterocycles. The number of methoxy groups -OCH3 is 1. The predicted molar refractivity (Wildman–Crippen MR) is 112 cm³/mol. The fourth-order valence-corrected chi connectivity index (χ4v) is 4.08. The third-order valence-corrected chi connectivity index (χ3v) is 5.43. The van der Waals surface area contributed by atoms with Gasteiger partial charge in [0.25, 0.3) is 11.1 Å². The minimum absolute atomic E-state index is 0.327. The molecule has 0 saturated carbocycles. The van der Waals surface area contributed by atoms with Crippen molar-refractivity contribution in [2.75, 3.05) is 18.6 Å². The van der Waals surface area contributed by atoms with Crippen LogP contribution in [-0.2, 0) is 4.79 Å². The van der Waals surface area contributed by atoms with Crippen molar-refractivity contribution in [3.63, 3.8) is 0 Å². The molecule has 2 amide bonds. The lowest BCUT2D eigenvalue weighted by Crippen LogP contribution is -2.27. The van der Waals surface area contributed by atoms with Gasteiger partial charge in [-0.25, -0.2) is 4.90 Å². The first-order chi connectivity index (χ1) is 12.9. The lowest BCUT2D eigenvalue weighted by atomic mass is 10.1. The zero-order valence-electron chi connectivity index (χ0n) is 14.5. The minimum atomic E-state index is -0.378. The van der Waals surface area contributed by atoms with Crippen molar-refractivity contribution in [1.82, 2.24) is 0 Å². The van der Waals surface area contributed by atoms with E-state index in [9.17, 15) is 9.59 Å². The molecule has 1 saturated heterocycles. The second-order valence-electron chi connectivity index (χ2n) is 5.46. The summed E-state index contributed by atoms with van der Waals surface area (Å²) in [7, 11) is 1.54. The maximum absolute atomic E-state index is 12.7. The van der Waals surface area contributed by atoms with E-state index in [1.807, 2.05) is 13.0 Å². The van der Waals surface area contributed by atoms with E-state index in [0.29, 0.717) is 43.8 Å². The number of hydrogen-bond acceptors (Lipinski definition) is 5. The van der Waals surface area contributed by atoms with Crippen molar-refractivity contribution in [2.45, 2.75) is 6.92 Å². The summed E-state index contributed by atoms with van der Waals surface area (Å²) in [4.78, 5) is 26.5. The van der Waals surface area contributed by atoms with Gasteiger partial charge < -0.3 is 9.47 Å². The maximum atomic E-state index is 12.7. The maximum Gasteiger partial charge on any atom is 0.298 e. The van der Waals surface area contributed by atoms with Crippen LogP contribution in [0.4, 0.5) is 10.5 Å². The molecule has 5 nitrogen and oxygen atoms in total. The largest absolute Gasteiger partial charge is 0.493 e. The molecule has 3 rings (SSSR count). The number of ether oxygens (including phenoxy) is 2. The molecular formula is C19H15BrClNO4S. The van der Waals surface area contributed by atoms with E-state index in [2.05, 4.69) is 15.9 Å². The number of carbonyl (C=O) groups excluding carboxylic acids is 2. The van der Waals surface area contributed by atoms with E-state index in [-0.39, 0.29) is 11.1 Å². The third-order valence-electron chi connectivity index (χ3n) is 3.72. The second-order valence-corrected chi connectivity index (χ2v) is 7.74. The first-order valence-corrected chi connectivity index (χ1v) is 9.97. The molecular weight excluding hydrogens is 454 g/mol. The van der Waals surface area contributed by atoms with Crippen LogP contribution < -0.4 is 14.4 Å². The molecule has 0 radical (unpaired) electrons. The SMILES string of the molecule is CCOc1c(Br)cc(C=C2SC(=O)N(c3ccc(Cl)cc3)C2=O)cc1OC. The lowest BCUT2D eigenvalue weighted by molar-refractivity contribution is -0.113. The molecule has 0 spiro atoms. The molecule has 140 valence electrons. The number of amides is 2. The number of rotatable bonds is 5. The Balaban J connectivity index is 1.94. The van der Waals surface area contributed by atoms with E-state index in [1.54, 1.807) is 43.5 Å². The van der Waals surface area contributed by atoms with Crippen LogP contribution in [0.25, 0.3) is 6.08 Å². The molecule has 1 heterocycles. The van der Waals surface area contributed by atoms with Crippen molar-refractivity contribution in [2.24, 2.45) is 0 Å². The molecule has 0 unspecified atom stereocenters. The summed E-state index contributed by atoms with van der Waals surface area (Å²) >= 11 is 10.2. The van der Waals surface area contributed by atoms with Crippen molar-refractivity contribution >= 4 is 62.2 Å². The zero-order chi connectivity index (χ0) is 19.6. The van der Waals surface area contributed by atoms with E-state index >= 15 is 0 Å². The number of thioether (sulfide) groups is 1. The molecule has 27 heavy (non-hydrogen) atoms. The molecule has 1 aliphatic rings. The number of benzene rings is 2. The highest BCUT2D eigenvalue weighted by atomic mass is 79.9. The highest BCUT2D eigenvalue weighted by molar-refractivity contribution is 9.10. The second kappa shape index (κ2) is 8.37. The molecule has 8 heteroatoms. The van der Waals surface area contributed by atoms with Gasteiger partial charge in [-0.1, -0.05) is 11.6 Å². The number of carbonyl (C=O) groups is 2. The molecule has 2 aromatic carbocycles. The quantitative estimate of drug-likeness (QED) is 0.523. The van der Waals surface area contributed by atoms with Crippen LogP contribution in [0.1, 0.15) is 12.5 Å². The van der Waals surface area contributed by atoms with Crippen molar-refractivity contribution in [3.05, 3.63) is 56.4 Å². The summed E-state index contributed by atoms with van der Waals surface area (Å²) < 4.78 is 11.6. The van der Waals surface area contributed by atoms with Gasteiger partial charge in [0, 0.05) is 5.02 Å². The summed E-state index contributed by atoms with van der Waals surface area (Å²) in [6.07, 6.45) is 1.66. The van der Waals surface area contributed by atoms with E-state index in [0.717, 1.165) is 16.7 Å². The van der Waals surface area contributed by atoms with Crippen LogP contribution in [0, 0.1) is 0 Å². The molecule has 1 aliphatic heterocycles. The normalized spacial score (nSPS) is 15.6. The lowest BCUT2D eigenvalue weighted by Gasteiger charge is -2.13. The standard InChI is InChI=1S/C19H15BrClNO4S/c1-3-26-17-14(20)8-11(9-15(17)25-2)10-16-18(23)22(19(24)27-16)13-6-4-12(21)5-7-13/h4-10H,3H2,1-2H3. The molecule has 2 aromatic rings. The van der Waals surface area contributed by atoms with Crippen LogP contribution in [0.15, 0.2) is 45.8 Å². The van der Waals surface area contributed by atoms with Gasteiger partial charge in [-0.2, -0.15) is 0 Å². The number of anilines is 1. The van der Waals surface area contributed by atoms with Crippen molar-refractivity contribution < 1.29 is 19.1 Å². The number of hydrogen-bond donors (Lipinski definition) is 0. The fraction of sp³-hybridized carbons (Fsp3) is 0.158. The first kappa shape index (κ1) is 19.8. The van der Waals surface area contributed by atoms with Crippen LogP contribution in [-0.4, -0.2) is 24.9 Å². The molecule has 0 bridgehead atoms. The van der Waals surface area contributed by atoms with Crippen LogP contribution in [0.3, 0.4) is 0 Å². The van der Waals surface area contributed by atoms with Crippen LogP contribution in [0.2, 0.25) is 5.02 Å². The Morgan fingerprint density at radius 1 is 1.22 bits per heavy atom. The van der Waals surface area contributed by atoms with Gasteiger partial charge in [0.05, 0.1) is 28.8 Å². The minimum Gasteiger partial charge on any atom is -0.493 e. The summed E-state index contributed by atoms with van der Waals surface area (Å²) in [5.74, 6) is 0.747. The number of nitrogens with zero attached hydrogens (tertiary/aromatic N) is 1. The van der Waals surface area contributed by atoms with E-state index < -0.39 is 0 Å². The molecule has 0 atom stereocenters. The van der Waals surface area contributed by atoms with Crippen molar-refractivity contribution in [3.8, 4) is 11.5 Å². The molecule has 1 fully saturated rings. The van der Waals surface area contributed by atoms with Gasteiger partial charge in [-0.15, -0.1) is 0 Å². The monoisotopic (exact) mass is 467 g/mol. The summed E-state index contributed by atoms with van der Waals surface area (Å²) in [6, 6.07) is 10.1. The first-order valence-electron chi connectivity index (χ1n) is 7.98. The summed E-state index contributed by atoms with van der Waals surface area (Å²) in [5.41, 5.74) is 1.19. The molecule has 0 N–H and O–H groups in total. The van der Waals surface area contributed by atoms with Gasteiger partial charge in [-0.3, -0.25) is 9.59 Å². The van der Waals surface area contributed by atoms with Gasteiger partial charge in [0.2, 0.25) is 0 Å². The topological polar surface area (TPSA) is 55.8 Å². The van der Waals surface area contributed by atoms with Crippen LogP contribution in [0.5, 0.6) is 11.5 Å². The van der Waals surface area contributed by atoms with Gasteiger partial charge in [0.15, 0.2) is 11.5 Å². The van der Waals surface area contributed by atoms with E-state index in [4.69, 9.17) is 21.1 Å². The van der Waals surface area contributed by atoms with E-state index in [1.165, 1.54) is 0 Å². The highest BCUT2D eigenvalue weighted by Gasteiger charge is 2.36. The average molecular weight is 469 g/mol. The average Bonchev–Trinajstić information content (AvgIpc) is 2.91. The smallest absolute Gasteiger partial charge is 0.298 e. The Hall–Kier alpha value is -1.96. The Labute approximate surface area is 174 Å². The Morgan fingerprint density at radius 2 is 1.93 bits per heavy atom. The number of imide groups is 1. The van der Waals surface area contributed by atoms with Gasteiger partial charge >= 0.3 is 0 Å². The van der Waals surface area contributed by atoms with Crippen LogP contribution >= 0.6 is 39.3 Å². The molecule has 0 aliphatic carbocycles. The Morgan fingerprint density at radius 3 is 2.56 bits per heavy atom. The predicted octanol–water partition coefficient (Wildman–Crippen LogP) is 5.75. The Kier molecular flexibility index (Phi) is 6.14. The Bertz CT molecular complexity index is 930. The zero-order valence-corrected chi connectivity index (χ0v) is 17.7. The summed E-state index contributed by atoms with van der Waals surface area (Å²) in [5, 5.41) is 0.179. The third kappa shape index (κ3) is 4.15. The highest BCUT2D eigenvalue weighted by Crippen LogP contribution is 2.40. The van der Waals surface area contributed by atoms with Gasteiger partial charge in [-0.05, 0) is 82.7 Å². The number of halogens is 2.